The van der Waals surface area contributed by atoms with Crippen molar-refractivity contribution in [2.45, 2.75) is 33.2 Å². The molecule has 100 valence electrons. The van der Waals surface area contributed by atoms with Crippen molar-refractivity contribution >= 4 is 5.91 Å². The highest BCUT2D eigenvalue weighted by atomic mass is 16.3. The van der Waals surface area contributed by atoms with E-state index in [0.717, 1.165) is 11.1 Å². The van der Waals surface area contributed by atoms with Crippen molar-refractivity contribution in [2.24, 2.45) is 5.92 Å². The Kier molecular flexibility index (Phi) is 5.16. The Hall–Kier alpha value is -1.55. The van der Waals surface area contributed by atoms with Gasteiger partial charge in [-0.25, -0.2) is 0 Å². The zero-order valence-corrected chi connectivity index (χ0v) is 11.1. The van der Waals surface area contributed by atoms with Gasteiger partial charge in [-0.2, -0.15) is 0 Å². The van der Waals surface area contributed by atoms with Crippen LogP contribution in [0.15, 0.2) is 18.2 Å². The van der Waals surface area contributed by atoms with Gasteiger partial charge in [0.25, 0.3) is 0 Å². The number of aryl methyl sites for hydroxylation is 1. The largest absolute Gasteiger partial charge is 0.508 e. The molecule has 0 aliphatic carbocycles. The Balaban J connectivity index is 2.57. The highest BCUT2D eigenvalue weighted by Gasteiger charge is 2.14. The summed E-state index contributed by atoms with van der Waals surface area (Å²) in [5, 5.41) is 21.4. The standard InChI is InChI=1S/C14H21NO3/c1-9-4-5-12(6-13(9)17)7-14(18)15-11(3)10(2)8-16/h4-6,10-11,16-17H,7-8H2,1-3H3,(H,15,18). The van der Waals surface area contributed by atoms with Crippen LogP contribution in [0.4, 0.5) is 0 Å². The molecular formula is C14H21NO3. The van der Waals surface area contributed by atoms with Gasteiger partial charge in [0.2, 0.25) is 5.91 Å². The molecule has 3 N–H and O–H groups in total. The fourth-order valence-electron chi connectivity index (χ4n) is 1.56. The van der Waals surface area contributed by atoms with Crippen molar-refractivity contribution in [3.8, 4) is 5.75 Å². The molecule has 1 amide bonds. The predicted molar refractivity (Wildman–Crippen MR) is 70.4 cm³/mol. The van der Waals surface area contributed by atoms with Gasteiger partial charge in [0.05, 0.1) is 6.42 Å². The smallest absolute Gasteiger partial charge is 0.224 e. The fraction of sp³-hybridized carbons (Fsp3) is 0.500. The zero-order valence-electron chi connectivity index (χ0n) is 11.1. The Morgan fingerprint density at radius 1 is 1.39 bits per heavy atom. The maximum atomic E-state index is 11.8. The van der Waals surface area contributed by atoms with Crippen LogP contribution in [0, 0.1) is 12.8 Å². The van der Waals surface area contributed by atoms with E-state index in [9.17, 15) is 9.90 Å². The number of carbonyl (C=O) groups excluding carboxylic acids is 1. The lowest BCUT2D eigenvalue weighted by Crippen LogP contribution is -2.39. The molecule has 0 fully saturated rings. The van der Waals surface area contributed by atoms with Crippen LogP contribution in [-0.2, 0) is 11.2 Å². The van der Waals surface area contributed by atoms with Gasteiger partial charge >= 0.3 is 0 Å². The molecule has 1 aromatic rings. The molecule has 2 unspecified atom stereocenters. The fourth-order valence-corrected chi connectivity index (χ4v) is 1.56. The number of aromatic hydroxyl groups is 1. The first kappa shape index (κ1) is 14.5. The molecule has 0 spiro atoms. The molecule has 0 bridgehead atoms. The number of aliphatic hydroxyl groups excluding tert-OH is 1. The van der Waals surface area contributed by atoms with Crippen molar-refractivity contribution in [1.29, 1.82) is 0 Å². The average Bonchev–Trinajstić information content (AvgIpc) is 2.32. The minimum Gasteiger partial charge on any atom is -0.508 e. The van der Waals surface area contributed by atoms with Crippen LogP contribution in [-0.4, -0.2) is 28.8 Å². The number of hydrogen-bond acceptors (Lipinski definition) is 3. The number of carbonyl (C=O) groups is 1. The third-order valence-corrected chi connectivity index (χ3v) is 3.17. The maximum Gasteiger partial charge on any atom is 0.224 e. The van der Waals surface area contributed by atoms with Gasteiger partial charge in [0.1, 0.15) is 5.75 Å². The molecule has 1 rings (SSSR count). The summed E-state index contributed by atoms with van der Waals surface area (Å²) in [7, 11) is 0. The van der Waals surface area contributed by atoms with Crippen LogP contribution in [0.25, 0.3) is 0 Å². The van der Waals surface area contributed by atoms with Gasteiger partial charge in [-0.15, -0.1) is 0 Å². The molecule has 2 atom stereocenters. The summed E-state index contributed by atoms with van der Waals surface area (Å²) >= 11 is 0. The van der Waals surface area contributed by atoms with Crippen LogP contribution < -0.4 is 5.32 Å². The van der Waals surface area contributed by atoms with Crippen molar-refractivity contribution in [3.05, 3.63) is 29.3 Å². The van der Waals surface area contributed by atoms with Gasteiger partial charge in [-0.1, -0.05) is 19.1 Å². The van der Waals surface area contributed by atoms with Crippen LogP contribution in [0.2, 0.25) is 0 Å². The summed E-state index contributed by atoms with van der Waals surface area (Å²) in [6, 6.07) is 5.16. The van der Waals surface area contributed by atoms with E-state index < -0.39 is 0 Å². The monoisotopic (exact) mass is 251 g/mol. The van der Waals surface area contributed by atoms with Gasteiger partial charge in [-0.3, -0.25) is 4.79 Å². The SMILES string of the molecule is Cc1ccc(CC(=O)NC(C)C(C)CO)cc1O. The summed E-state index contributed by atoms with van der Waals surface area (Å²) in [4.78, 5) is 11.8. The first-order chi connectivity index (χ1) is 8.43. The minimum atomic E-state index is -0.106. The molecule has 0 aliphatic heterocycles. The number of hydrogen-bond donors (Lipinski definition) is 3. The van der Waals surface area contributed by atoms with Crippen molar-refractivity contribution in [1.82, 2.24) is 5.32 Å². The highest BCUT2D eigenvalue weighted by molar-refractivity contribution is 5.79. The lowest BCUT2D eigenvalue weighted by molar-refractivity contribution is -0.121. The Labute approximate surface area is 108 Å². The maximum absolute atomic E-state index is 11.8. The molecule has 0 aromatic heterocycles. The molecule has 18 heavy (non-hydrogen) atoms. The molecule has 4 heteroatoms. The molecule has 0 saturated heterocycles. The van der Waals surface area contributed by atoms with Crippen LogP contribution in [0.1, 0.15) is 25.0 Å². The third kappa shape index (κ3) is 4.04. The Morgan fingerprint density at radius 3 is 2.61 bits per heavy atom. The molecule has 0 radical (unpaired) electrons. The topological polar surface area (TPSA) is 69.6 Å². The second-order valence-electron chi connectivity index (χ2n) is 4.81. The van der Waals surface area contributed by atoms with E-state index in [0.29, 0.717) is 0 Å². The average molecular weight is 251 g/mol. The van der Waals surface area contributed by atoms with Crippen molar-refractivity contribution < 1.29 is 15.0 Å². The van der Waals surface area contributed by atoms with Crippen molar-refractivity contribution in [3.63, 3.8) is 0 Å². The second-order valence-corrected chi connectivity index (χ2v) is 4.81. The predicted octanol–water partition coefficient (Wildman–Crippen LogP) is 1.38. The number of phenolic OH excluding ortho intramolecular Hbond substituents is 1. The van der Waals surface area contributed by atoms with Gasteiger partial charge in [0.15, 0.2) is 0 Å². The van der Waals surface area contributed by atoms with Crippen LogP contribution in [0.5, 0.6) is 5.75 Å². The van der Waals surface area contributed by atoms with E-state index in [4.69, 9.17) is 5.11 Å². The van der Waals surface area contributed by atoms with E-state index in [2.05, 4.69) is 5.32 Å². The normalized spacial score (nSPS) is 14.0. The highest BCUT2D eigenvalue weighted by Crippen LogP contribution is 2.17. The summed E-state index contributed by atoms with van der Waals surface area (Å²) < 4.78 is 0. The number of aliphatic hydroxyl groups is 1. The number of benzene rings is 1. The number of rotatable bonds is 5. The molecular weight excluding hydrogens is 230 g/mol. The number of amides is 1. The lowest BCUT2D eigenvalue weighted by atomic mass is 10.0. The van der Waals surface area contributed by atoms with Gasteiger partial charge < -0.3 is 15.5 Å². The van der Waals surface area contributed by atoms with Crippen LogP contribution in [0.3, 0.4) is 0 Å². The third-order valence-electron chi connectivity index (χ3n) is 3.17. The second kappa shape index (κ2) is 6.40. The first-order valence-corrected chi connectivity index (χ1v) is 6.12. The zero-order chi connectivity index (χ0) is 13.7. The van der Waals surface area contributed by atoms with E-state index >= 15 is 0 Å². The van der Waals surface area contributed by atoms with E-state index in [-0.39, 0.29) is 36.6 Å². The molecule has 0 heterocycles. The number of phenols is 1. The molecule has 1 aromatic carbocycles. The first-order valence-electron chi connectivity index (χ1n) is 6.12. The molecule has 0 saturated carbocycles. The van der Waals surface area contributed by atoms with Gasteiger partial charge in [0, 0.05) is 12.6 Å². The minimum absolute atomic E-state index is 0.0281. The quantitative estimate of drug-likeness (QED) is 0.740. The Morgan fingerprint density at radius 2 is 2.06 bits per heavy atom. The van der Waals surface area contributed by atoms with E-state index in [1.165, 1.54) is 0 Å². The summed E-state index contributed by atoms with van der Waals surface area (Å²) in [6.45, 7) is 5.60. The molecule has 0 aliphatic rings. The summed E-state index contributed by atoms with van der Waals surface area (Å²) in [5.74, 6) is 0.128. The lowest BCUT2D eigenvalue weighted by Gasteiger charge is -2.19. The van der Waals surface area contributed by atoms with E-state index in [1.807, 2.05) is 26.8 Å². The summed E-state index contributed by atoms with van der Waals surface area (Å²) in [5.41, 5.74) is 1.57. The van der Waals surface area contributed by atoms with E-state index in [1.54, 1.807) is 12.1 Å². The van der Waals surface area contributed by atoms with Crippen LogP contribution >= 0.6 is 0 Å². The molecule has 4 nitrogen and oxygen atoms in total. The summed E-state index contributed by atoms with van der Waals surface area (Å²) in [6.07, 6.45) is 0.232. The Bertz CT molecular complexity index is 418. The van der Waals surface area contributed by atoms with Gasteiger partial charge in [-0.05, 0) is 37.0 Å². The van der Waals surface area contributed by atoms with Crippen molar-refractivity contribution in [2.75, 3.05) is 6.61 Å². The number of nitrogens with one attached hydrogen (secondary N) is 1.